The average molecular weight is 248 g/mol. The SMILES string of the molecule is CC(C)(C)c1ccc(C2CCCCC2)cc1S. The molecule has 0 heterocycles. The van der Waals surface area contributed by atoms with E-state index in [1.807, 2.05) is 0 Å². The Labute approximate surface area is 111 Å². The molecule has 0 nitrogen and oxygen atoms in total. The highest BCUT2D eigenvalue weighted by Gasteiger charge is 2.20. The molecule has 0 aliphatic heterocycles. The highest BCUT2D eigenvalue weighted by atomic mass is 32.1. The Balaban J connectivity index is 2.24. The van der Waals surface area contributed by atoms with Gasteiger partial charge in [0.05, 0.1) is 0 Å². The zero-order valence-electron chi connectivity index (χ0n) is 11.3. The molecule has 2 rings (SSSR count). The van der Waals surface area contributed by atoms with E-state index in [0.29, 0.717) is 0 Å². The molecule has 1 aliphatic carbocycles. The number of benzene rings is 1. The third-order valence-electron chi connectivity index (χ3n) is 3.91. The quantitative estimate of drug-likeness (QED) is 0.639. The van der Waals surface area contributed by atoms with Gasteiger partial charge < -0.3 is 0 Å². The fraction of sp³-hybridized carbons (Fsp3) is 0.625. The molecule has 0 aromatic heterocycles. The summed E-state index contributed by atoms with van der Waals surface area (Å²) in [6.07, 6.45) is 6.94. The topological polar surface area (TPSA) is 0 Å². The van der Waals surface area contributed by atoms with Crippen LogP contribution in [0.4, 0.5) is 0 Å². The lowest BCUT2D eigenvalue weighted by Crippen LogP contribution is -2.13. The zero-order valence-corrected chi connectivity index (χ0v) is 12.2. The molecule has 0 spiro atoms. The van der Waals surface area contributed by atoms with Crippen molar-refractivity contribution in [2.45, 2.75) is 69.1 Å². The van der Waals surface area contributed by atoms with Crippen LogP contribution < -0.4 is 0 Å². The van der Waals surface area contributed by atoms with Crippen LogP contribution in [0.25, 0.3) is 0 Å². The summed E-state index contributed by atoms with van der Waals surface area (Å²) in [7, 11) is 0. The van der Waals surface area contributed by atoms with E-state index in [1.165, 1.54) is 48.1 Å². The fourth-order valence-electron chi connectivity index (χ4n) is 2.87. The van der Waals surface area contributed by atoms with Crippen molar-refractivity contribution in [3.63, 3.8) is 0 Å². The first kappa shape index (κ1) is 13.0. The van der Waals surface area contributed by atoms with Crippen LogP contribution in [-0.4, -0.2) is 0 Å². The molecule has 1 aromatic carbocycles. The Bertz CT molecular complexity index is 381. The van der Waals surface area contributed by atoms with Crippen LogP contribution in [0, 0.1) is 0 Å². The van der Waals surface area contributed by atoms with E-state index in [4.69, 9.17) is 0 Å². The zero-order chi connectivity index (χ0) is 12.5. The van der Waals surface area contributed by atoms with Gasteiger partial charge in [0.25, 0.3) is 0 Å². The van der Waals surface area contributed by atoms with Crippen LogP contribution >= 0.6 is 12.6 Å². The maximum absolute atomic E-state index is 4.68. The molecule has 94 valence electrons. The molecule has 1 aromatic rings. The van der Waals surface area contributed by atoms with Gasteiger partial charge in [0.15, 0.2) is 0 Å². The predicted molar refractivity (Wildman–Crippen MR) is 78.2 cm³/mol. The lowest BCUT2D eigenvalue weighted by atomic mass is 9.81. The predicted octanol–water partition coefficient (Wildman–Crippen LogP) is 5.32. The number of hydrogen-bond acceptors (Lipinski definition) is 1. The summed E-state index contributed by atoms with van der Waals surface area (Å²) >= 11 is 4.68. The van der Waals surface area contributed by atoms with Crippen molar-refractivity contribution in [3.8, 4) is 0 Å². The van der Waals surface area contributed by atoms with E-state index >= 15 is 0 Å². The van der Waals surface area contributed by atoms with Crippen LogP contribution in [0.3, 0.4) is 0 Å². The fourth-order valence-corrected chi connectivity index (χ4v) is 3.43. The summed E-state index contributed by atoms with van der Waals surface area (Å²) in [6, 6.07) is 6.92. The molecule has 0 radical (unpaired) electrons. The lowest BCUT2D eigenvalue weighted by Gasteiger charge is -2.25. The molecule has 1 heteroatoms. The maximum atomic E-state index is 4.68. The first-order valence-corrected chi connectivity index (χ1v) is 7.26. The molecule has 0 atom stereocenters. The first-order chi connectivity index (χ1) is 7.98. The standard InChI is InChI=1S/C16H24S/c1-16(2,3)14-10-9-13(11-15(14)17)12-7-5-4-6-8-12/h9-12,17H,4-8H2,1-3H3. The molecule has 0 amide bonds. The van der Waals surface area contributed by atoms with Gasteiger partial charge in [-0.1, -0.05) is 52.2 Å². The Hall–Kier alpha value is -0.430. The molecule has 0 unspecified atom stereocenters. The molecule has 17 heavy (non-hydrogen) atoms. The molecular formula is C16H24S. The van der Waals surface area contributed by atoms with E-state index in [0.717, 1.165) is 5.92 Å². The molecule has 1 aliphatic rings. The molecular weight excluding hydrogens is 224 g/mol. The van der Waals surface area contributed by atoms with Crippen LogP contribution in [0.1, 0.15) is 69.9 Å². The van der Waals surface area contributed by atoms with Gasteiger partial charge in [-0.3, -0.25) is 0 Å². The summed E-state index contributed by atoms with van der Waals surface area (Å²) < 4.78 is 0. The molecule has 0 saturated heterocycles. The largest absolute Gasteiger partial charge is 0.143 e. The van der Waals surface area contributed by atoms with Crippen LogP contribution in [0.15, 0.2) is 23.1 Å². The van der Waals surface area contributed by atoms with Crippen molar-refractivity contribution in [2.24, 2.45) is 0 Å². The average Bonchev–Trinajstić information content (AvgIpc) is 2.28. The Morgan fingerprint density at radius 2 is 1.71 bits per heavy atom. The van der Waals surface area contributed by atoms with Crippen molar-refractivity contribution in [3.05, 3.63) is 29.3 Å². The van der Waals surface area contributed by atoms with E-state index in [9.17, 15) is 0 Å². The third-order valence-corrected chi connectivity index (χ3v) is 4.28. The molecule has 1 fully saturated rings. The molecule has 0 bridgehead atoms. The second-order valence-electron chi connectivity index (χ2n) is 6.36. The molecule has 0 N–H and O–H groups in total. The number of thiol groups is 1. The Kier molecular flexibility index (Phi) is 3.87. The van der Waals surface area contributed by atoms with Crippen LogP contribution in [0.5, 0.6) is 0 Å². The van der Waals surface area contributed by atoms with Gasteiger partial charge in [-0.2, -0.15) is 0 Å². The highest BCUT2D eigenvalue weighted by molar-refractivity contribution is 7.80. The van der Waals surface area contributed by atoms with Crippen molar-refractivity contribution >= 4 is 12.6 Å². The number of rotatable bonds is 1. The van der Waals surface area contributed by atoms with Crippen molar-refractivity contribution < 1.29 is 0 Å². The van der Waals surface area contributed by atoms with Crippen LogP contribution in [0.2, 0.25) is 0 Å². The third kappa shape index (κ3) is 3.07. The van der Waals surface area contributed by atoms with Gasteiger partial charge in [-0.25, -0.2) is 0 Å². The van der Waals surface area contributed by atoms with Gasteiger partial charge in [0.2, 0.25) is 0 Å². The summed E-state index contributed by atoms with van der Waals surface area (Å²) in [6.45, 7) is 6.76. The van der Waals surface area contributed by atoms with E-state index < -0.39 is 0 Å². The minimum atomic E-state index is 0.197. The second-order valence-corrected chi connectivity index (χ2v) is 6.84. The van der Waals surface area contributed by atoms with E-state index in [1.54, 1.807) is 0 Å². The minimum Gasteiger partial charge on any atom is -0.143 e. The van der Waals surface area contributed by atoms with Crippen molar-refractivity contribution in [1.29, 1.82) is 0 Å². The minimum absolute atomic E-state index is 0.197. The van der Waals surface area contributed by atoms with Gasteiger partial charge in [-0.15, -0.1) is 12.6 Å². The van der Waals surface area contributed by atoms with E-state index in [-0.39, 0.29) is 5.41 Å². The van der Waals surface area contributed by atoms with E-state index in [2.05, 4.69) is 51.6 Å². The Morgan fingerprint density at radius 3 is 2.24 bits per heavy atom. The maximum Gasteiger partial charge on any atom is 0.00802 e. The first-order valence-electron chi connectivity index (χ1n) is 6.82. The summed E-state index contributed by atoms with van der Waals surface area (Å²) in [4.78, 5) is 1.17. The Morgan fingerprint density at radius 1 is 1.06 bits per heavy atom. The summed E-state index contributed by atoms with van der Waals surface area (Å²) in [5.41, 5.74) is 3.06. The van der Waals surface area contributed by atoms with Gasteiger partial charge in [0, 0.05) is 4.90 Å². The highest BCUT2D eigenvalue weighted by Crippen LogP contribution is 2.36. The normalized spacial score (nSPS) is 18.4. The van der Waals surface area contributed by atoms with Gasteiger partial charge >= 0.3 is 0 Å². The van der Waals surface area contributed by atoms with Gasteiger partial charge in [-0.05, 0) is 41.4 Å². The smallest absolute Gasteiger partial charge is 0.00802 e. The van der Waals surface area contributed by atoms with Crippen molar-refractivity contribution in [2.75, 3.05) is 0 Å². The van der Waals surface area contributed by atoms with Crippen molar-refractivity contribution in [1.82, 2.24) is 0 Å². The van der Waals surface area contributed by atoms with Crippen LogP contribution in [-0.2, 0) is 5.41 Å². The second kappa shape index (κ2) is 5.06. The monoisotopic (exact) mass is 248 g/mol. The summed E-state index contributed by atoms with van der Waals surface area (Å²) in [5.74, 6) is 0.781. The summed E-state index contributed by atoms with van der Waals surface area (Å²) in [5, 5.41) is 0. The number of hydrogen-bond donors (Lipinski definition) is 1. The molecule has 1 saturated carbocycles. The van der Waals surface area contributed by atoms with Gasteiger partial charge in [0.1, 0.15) is 0 Å². The lowest BCUT2D eigenvalue weighted by molar-refractivity contribution is 0.442.